The zero-order chi connectivity index (χ0) is 15.1. The molecule has 0 fully saturated rings. The monoisotopic (exact) mass is 294 g/mol. The standard InChI is InChI=1S/C16H26N2OS/c1-11(2)13(4)20-9-5-6-16(19)18-15-8-7-14(17)10-12(15)3/h7-8,10-11,13H,5-6,9,17H2,1-4H3,(H,18,19). The maximum atomic E-state index is 11.9. The second-order valence-corrected chi connectivity index (χ2v) is 7.03. The molecule has 0 saturated heterocycles. The van der Waals surface area contributed by atoms with Gasteiger partial charge in [0.15, 0.2) is 0 Å². The maximum absolute atomic E-state index is 11.9. The van der Waals surface area contributed by atoms with Crippen molar-refractivity contribution in [1.29, 1.82) is 0 Å². The lowest BCUT2D eigenvalue weighted by Crippen LogP contribution is -2.13. The Labute approximate surface area is 126 Å². The summed E-state index contributed by atoms with van der Waals surface area (Å²) >= 11 is 1.94. The van der Waals surface area contributed by atoms with Gasteiger partial charge in [-0.15, -0.1) is 0 Å². The quantitative estimate of drug-likeness (QED) is 0.588. The van der Waals surface area contributed by atoms with E-state index in [2.05, 4.69) is 26.1 Å². The Bertz CT molecular complexity index is 446. The van der Waals surface area contributed by atoms with Gasteiger partial charge in [0, 0.05) is 23.0 Å². The molecule has 0 aromatic heterocycles. The van der Waals surface area contributed by atoms with Gasteiger partial charge in [-0.2, -0.15) is 11.8 Å². The van der Waals surface area contributed by atoms with Crippen molar-refractivity contribution >= 4 is 29.0 Å². The van der Waals surface area contributed by atoms with Gasteiger partial charge in [0.2, 0.25) is 5.91 Å². The molecular formula is C16H26N2OS. The van der Waals surface area contributed by atoms with Crippen molar-refractivity contribution in [3.63, 3.8) is 0 Å². The number of benzene rings is 1. The number of thioether (sulfide) groups is 1. The predicted octanol–water partition coefficient (Wildman–Crippen LogP) is 4.07. The highest BCUT2D eigenvalue weighted by Crippen LogP contribution is 2.21. The molecule has 0 radical (unpaired) electrons. The van der Waals surface area contributed by atoms with E-state index in [4.69, 9.17) is 5.73 Å². The molecule has 1 aromatic carbocycles. The second-order valence-electron chi connectivity index (χ2n) is 5.55. The molecule has 1 unspecified atom stereocenters. The summed E-state index contributed by atoms with van der Waals surface area (Å²) in [5.41, 5.74) is 8.27. The summed E-state index contributed by atoms with van der Waals surface area (Å²) < 4.78 is 0. The van der Waals surface area contributed by atoms with Crippen LogP contribution in [-0.2, 0) is 4.79 Å². The summed E-state index contributed by atoms with van der Waals surface area (Å²) in [6.07, 6.45) is 1.49. The molecule has 4 heteroatoms. The number of nitrogen functional groups attached to an aromatic ring is 1. The molecule has 0 heterocycles. The van der Waals surface area contributed by atoms with Gasteiger partial charge in [0.05, 0.1) is 0 Å². The molecule has 112 valence electrons. The number of carbonyl (C=O) groups excluding carboxylic acids is 1. The van der Waals surface area contributed by atoms with Gasteiger partial charge in [-0.1, -0.05) is 20.8 Å². The van der Waals surface area contributed by atoms with Crippen LogP contribution < -0.4 is 11.1 Å². The number of amides is 1. The van der Waals surface area contributed by atoms with Crippen molar-refractivity contribution in [2.75, 3.05) is 16.8 Å². The number of hydrogen-bond donors (Lipinski definition) is 2. The predicted molar refractivity (Wildman–Crippen MR) is 90.2 cm³/mol. The van der Waals surface area contributed by atoms with Crippen LogP contribution >= 0.6 is 11.8 Å². The molecule has 0 aliphatic heterocycles. The molecule has 0 aliphatic carbocycles. The first-order valence-corrected chi connectivity index (χ1v) is 8.22. The Balaban J connectivity index is 2.30. The van der Waals surface area contributed by atoms with E-state index in [0.29, 0.717) is 17.6 Å². The van der Waals surface area contributed by atoms with Crippen LogP contribution in [0.15, 0.2) is 18.2 Å². The lowest BCUT2D eigenvalue weighted by atomic mass is 10.1. The Morgan fingerprint density at radius 2 is 2.05 bits per heavy atom. The van der Waals surface area contributed by atoms with Crippen molar-refractivity contribution in [3.8, 4) is 0 Å². The van der Waals surface area contributed by atoms with Gasteiger partial charge in [-0.25, -0.2) is 0 Å². The number of nitrogens with two attached hydrogens (primary N) is 1. The molecule has 0 spiro atoms. The van der Waals surface area contributed by atoms with E-state index in [0.717, 1.165) is 29.1 Å². The first kappa shape index (κ1) is 16.9. The number of aryl methyl sites for hydroxylation is 1. The first-order valence-electron chi connectivity index (χ1n) is 7.17. The van der Waals surface area contributed by atoms with Crippen LogP contribution in [0.4, 0.5) is 11.4 Å². The fraction of sp³-hybridized carbons (Fsp3) is 0.562. The van der Waals surface area contributed by atoms with Crippen molar-refractivity contribution in [1.82, 2.24) is 0 Å². The zero-order valence-electron chi connectivity index (χ0n) is 12.9. The molecule has 3 N–H and O–H groups in total. The lowest BCUT2D eigenvalue weighted by Gasteiger charge is -2.14. The van der Waals surface area contributed by atoms with E-state index in [9.17, 15) is 4.79 Å². The lowest BCUT2D eigenvalue weighted by molar-refractivity contribution is -0.116. The normalized spacial score (nSPS) is 12.4. The molecular weight excluding hydrogens is 268 g/mol. The molecule has 1 amide bonds. The average molecular weight is 294 g/mol. The van der Waals surface area contributed by atoms with E-state index in [-0.39, 0.29) is 5.91 Å². The van der Waals surface area contributed by atoms with Crippen LogP contribution in [-0.4, -0.2) is 16.9 Å². The third-order valence-corrected chi connectivity index (χ3v) is 4.99. The second kappa shape index (κ2) is 8.20. The number of nitrogens with one attached hydrogen (secondary N) is 1. The minimum absolute atomic E-state index is 0.0793. The van der Waals surface area contributed by atoms with Crippen LogP contribution in [0.25, 0.3) is 0 Å². The highest BCUT2D eigenvalue weighted by atomic mass is 32.2. The van der Waals surface area contributed by atoms with Gasteiger partial charge in [0.25, 0.3) is 0 Å². The third kappa shape index (κ3) is 5.87. The van der Waals surface area contributed by atoms with Crippen LogP contribution in [0, 0.1) is 12.8 Å². The minimum Gasteiger partial charge on any atom is -0.399 e. The highest BCUT2D eigenvalue weighted by Gasteiger charge is 2.08. The Morgan fingerprint density at radius 1 is 1.35 bits per heavy atom. The van der Waals surface area contributed by atoms with Gasteiger partial charge < -0.3 is 11.1 Å². The van der Waals surface area contributed by atoms with Gasteiger partial charge in [0.1, 0.15) is 0 Å². The van der Waals surface area contributed by atoms with E-state index >= 15 is 0 Å². The molecule has 3 nitrogen and oxygen atoms in total. The molecule has 1 aromatic rings. The van der Waals surface area contributed by atoms with Crippen molar-refractivity contribution in [2.24, 2.45) is 5.92 Å². The largest absolute Gasteiger partial charge is 0.399 e. The molecule has 0 saturated carbocycles. The highest BCUT2D eigenvalue weighted by molar-refractivity contribution is 7.99. The molecule has 1 rings (SSSR count). The summed E-state index contributed by atoms with van der Waals surface area (Å²) in [5, 5.41) is 3.59. The molecule has 1 atom stereocenters. The van der Waals surface area contributed by atoms with Gasteiger partial charge in [-0.3, -0.25) is 4.79 Å². The van der Waals surface area contributed by atoms with Gasteiger partial charge in [-0.05, 0) is 48.8 Å². The summed E-state index contributed by atoms with van der Waals surface area (Å²) in [5.74, 6) is 1.80. The van der Waals surface area contributed by atoms with E-state index in [1.54, 1.807) is 0 Å². The van der Waals surface area contributed by atoms with E-state index in [1.807, 2.05) is 36.9 Å². The first-order chi connectivity index (χ1) is 9.40. The summed E-state index contributed by atoms with van der Waals surface area (Å²) in [4.78, 5) is 11.9. The van der Waals surface area contributed by atoms with Crippen molar-refractivity contribution in [2.45, 2.75) is 45.8 Å². The van der Waals surface area contributed by atoms with Crippen molar-refractivity contribution < 1.29 is 4.79 Å². The number of carbonyl (C=O) groups is 1. The summed E-state index contributed by atoms with van der Waals surface area (Å²) in [6.45, 7) is 8.65. The average Bonchev–Trinajstić information content (AvgIpc) is 2.37. The van der Waals surface area contributed by atoms with Crippen LogP contribution in [0.3, 0.4) is 0 Å². The number of hydrogen-bond acceptors (Lipinski definition) is 3. The fourth-order valence-electron chi connectivity index (χ4n) is 1.73. The van der Waals surface area contributed by atoms with E-state index in [1.165, 1.54) is 0 Å². The Hall–Kier alpha value is -1.16. The number of rotatable bonds is 7. The minimum atomic E-state index is 0.0793. The number of anilines is 2. The van der Waals surface area contributed by atoms with Crippen LogP contribution in [0.5, 0.6) is 0 Å². The SMILES string of the molecule is Cc1cc(N)ccc1NC(=O)CCCSC(C)C(C)C. The fourth-order valence-corrected chi connectivity index (χ4v) is 2.80. The smallest absolute Gasteiger partial charge is 0.224 e. The third-order valence-electron chi connectivity index (χ3n) is 3.39. The summed E-state index contributed by atoms with van der Waals surface area (Å²) in [7, 11) is 0. The molecule has 0 aliphatic rings. The van der Waals surface area contributed by atoms with Gasteiger partial charge >= 0.3 is 0 Å². The topological polar surface area (TPSA) is 55.1 Å². The zero-order valence-corrected chi connectivity index (χ0v) is 13.7. The molecule has 0 bridgehead atoms. The van der Waals surface area contributed by atoms with Crippen LogP contribution in [0.2, 0.25) is 0 Å². The summed E-state index contributed by atoms with van der Waals surface area (Å²) in [6, 6.07) is 5.54. The maximum Gasteiger partial charge on any atom is 0.224 e. The Morgan fingerprint density at radius 3 is 2.65 bits per heavy atom. The van der Waals surface area contributed by atoms with Crippen molar-refractivity contribution in [3.05, 3.63) is 23.8 Å². The van der Waals surface area contributed by atoms with Crippen LogP contribution in [0.1, 0.15) is 39.2 Å². The van der Waals surface area contributed by atoms with E-state index < -0.39 is 0 Å². The molecule has 20 heavy (non-hydrogen) atoms. The Kier molecular flexibility index (Phi) is 6.93.